The molecule has 0 unspecified atom stereocenters. The molecule has 4 aromatic rings. The van der Waals surface area contributed by atoms with Crippen LogP contribution in [0.2, 0.25) is 0 Å². The van der Waals surface area contributed by atoms with E-state index in [2.05, 4.69) is 27.2 Å². The molecule has 5 rings (SSSR count). The Bertz CT molecular complexity index is 1320. The Labute approximate surface area is 179 Å². The molecule has 1 fully saturated rings. The first-order valence-electron chi connectivity index (χ1n) is 10.9. The first-order chi connectivity index (χ1) is 15.0. The monoisotopic (exact) mass is 419 g/mol. The van der Waals surface area contributed by atoms with Crippen molar-refractivity contribution < 1.29 is 8.91 Å². The maximum Gasteiger partial charge on any atom is 0.251 e. The van der Waals surface area contributed by atoms with E-state index in [1.807, 2.05) is 19.9 Å². The van der Waals surface area contributed by atoms with Crippen molar-refractivity contribution in [2.75, 3.05) is 19.6 Å². The van der Waals surface area contributed by atoms with Crippen LogP contribution in [0.5, 0.6) is 0 Å². The molecule has 0 atom stereocenters. The van der Waals surface area contributed by atoms with Crippen molar-refractivity contribution in [3.8, 4) is 0 Å². The Kier molecular flexibility index (Phi) is 5.10. The Balaban J connectivity index is 1.23. The van der Waals surface area contributed by atoms with Crippen LogP contribution in [0.1, 0.15) is 41.1 Å². The number of benzene rings is 2. The van der Waals surface area contributed by atoms with Crippen LogP contribution in [0.4, 0.5) is 4.39 Å². The number of likely N-dealkylation sites (tertiary alicyclic amines) is 1. The predicted octanol–water partition coefficient (Wildman–Crippen LogP) is 4.85. The number of hydrogen-bond donors (Lipinski definition) is 1. The molecule has 2 aromatic carbocycles. The van der Waals surface area contributed by atoms with E-state index in [-0.39, 0.29) is 11.4 Å². The average Bonchev–Trinajstić information content (AvgIpc) is 3.20. The summed E-state index contributed by atoms with van der Waals surface area (Å²) in [5.74, 6) is 0.0569. The van der Waals surface area contributed by atoms with E-state index in [1.54, 1.807) is 6.07 Å². The molecule has 0 aliphatic carbocycles. The van der Waals surface area contributed by atoms with Gasteiger partial charge in [0, 0.05) is 40.4 Å². The molecule has 1 aliphatic heterocycles. The lowest BCUT2D eigenvalue weighted by Gasteiger charge is -2.31. The smallest absolute Gasteiger partial charge is 0.251 e. The number of rotatable bonds is 4. The van der Waals surface area contributed by atoms with Crippen LogP contribution >= 0.6 is 0 Å². The lowest BCUT2D eigenvalue weighted by molar-refractivity contribution is 0.211. The number of aromatic nitrogens is 2. The maximum atomic E-state index is 13.4. The quantitative estimate of drug-likeness (QED) is 0.514. The molecule has 160 valence electrons. The molecule has 0 radical (unpaired) electrons. The fraction of sp³-hybridized carbons (Fsp3) is 0.360. The molecule has 0 amide bonds. The number of piperidine rings is 1. The van der Waals surface area contributed by atoms with Gasteiger partial charge >= 0.3 is 0 Å². The van der Waals surface area contributed by atoms with Gasteiger partial charge in [-0.05, 0) is 81.6 Å². The van der Waals surface area contributed by atoms with Crippen LogP contribution in [-0.2, 0) is 6.42 Å². The maximum absolute atomic E-state index is 13.4. The van der Waals surface area contributed by atoms with E-state index in [0.717, 1.165) is 72.0 Å². The summed E-state index contributed by atoms with van der Waals surface area (Å²) in [6.07, 6.45) is 3.02. The normalized spacial score (nSPS) is 15.8. The summed E-state index contributed by atoms with van der Waals surface area (Å²) in [6, 6.07) is 11.0. The third-order valence-corrected chi connectivity index (χ3v) is 6.79. The van der Waals surface area contributed by atoms with E-state index < -0.39 is 0 Å². The summed E-state index contributed by atoms with van der Waals surface area (Å²) in [5.41, 5.74) is 5.51. The molecule has 6 heteroatoms. The number of aryl methyl sites for hydroxylation is 1. The lowest BCUT2D eigenvalue weighted by atomic mass is 9.91. The largest absolute Gasteiger partial charge is 0.356 e. The van der Waals surface area contributed by atoms with Crippen molar-refractivity contribution in [2.24, 2.45) is 0 Å². The van der Waals surface area contributed by atoms with Gasteiger partial charge in [0.05, 0.1) is 5.69 Å². The van der Waals surface area contributed by atoms with Crippen molar-refractivity contribution in [1.82, 2.24) is 15.0 Å². The van der Waals surface area contributed by atoms with Gasteiger partial charge in [-0.2, -0.15) is 0 Å². The Morgan fingerprint density at radius 2 is 1.90 bits per heavy atom. The van der Waals surface area contributed by atoms with Crippen molar-refractivity contribution in [1.29, 1.82) is 0 Å². The van der Waals surface area contributed by atoms with E-state index in [4.69, 9.17) is 4.52 Å². The van der Waals surface area contributed by atoms with Crippen molar-refractivity contribution in [3.05, 3.63) is 75.0 Å². The zero-order valence-electron chi connectivity index (χ0n) is 17.9. The highest BCUT2D eigenvalue weighted by atomic mass is 19.1. The molecule has 31 heavy (non-hydrogen) atoms. The number of H-pyrrole nitrogens is 1. The second-order valence-corrected chi connectivity index (χ2v) is 8.66. The molecule has 2 aromatic heterocycles. The Morgan fingerprint density at radius 3 is 2.71 bits per heavy atom. The molecule has 0 saturated carbocycles. The van der Waals surface area contributed by atoms with Gasteiger partial charge in [-0.3, -0.25) is 4.79 Å². The molecule has 0 spiro atoms. The summed E-state index contributed by atoms with van der Waals surface area (Å²) >= 11 is 0. The van der Waals surface area contributed by atoms with Gasteiger partial charge in [0.15, 0.2) is 5.58 Å². The standard InChI is InChI=1S/C25H26FN3O2/c1-15-16(2)25(30)27-22-6-3-17(13-21(15)22)7-10-29-11-8-18(9-12-29)24-20-5-4-19(26)14-23(20)31-28-24/h3-6,13-14,18H,7-12H2,1-2H3,(H,27,30). The second kappa shape index (κ2) is 7.93. The summed E-state index contributed by atoms with van der Waals surface area (Å²) < 4.78 is 18.7. The number of pyridine rings is 1. The predicted molar refractivity (Wildman–Crippen MR) is 120 cm³/mol. The average molecular weight is 420 g/mol. The first kappa shape index (κ1) is 19.9. The fourth-order valence-corrected chi connectivity index (χ4v) is 4.70. The van der Waals surface area contributed by atoms with Crippen LogP contribution < -0.4 is 5.56 Å². The van der Waals surface area contributed by atoms with E-state index >= 15 is 0 Å². The summed E-state index contributed by atoms with van der Waals surface area (Å²) in [6.45, 7) is 6.92. The van der Waals surface area contributed by atoms with Crippen LogP contribution in [0, 0.1) is 19.7 Å². The molecule has 0 bridgehead atoms. The van der Waals surface area contributed by atoms with E-state index in [9.17, 15) is 9.18 Å². The molecule has 1 aliphatic rings. The van der Waals surface area contributed by atoms with Crippen LogP contribution in [0.25, 0.3) is 21.9 Å². The Morgan fingerprint density at radius 1 is 1.10 bits per heavy atom. The first-order valence-corrected chi connectivity index (χ1v) is 10.9. The van der Waals surface area contributed by atoms with E-state index in [1.165, 1.54) is 17.7 Å². The lowest BCUT2D eigenvalue weighted by Crippen LogP contribution is -2.34. The topological polar surface area (TPSA) is 62.1 Å². The number of nitrogens with zero attached hydrogens (tertiary/aromatic N) is 2. The minimum absolute atomic E-state index is 0.00866. The molecule has 3 heterocycles. The third-order valence-electron chi connectivity index (χ3n) is 6.79. The van der Waals surface area contributed by atoms with Crippen LogP contribution in [0.15, 0.2) is 45.7 Å². The molecular weight excluding hydrogens is 393 g/mol. The highest BCUT2D eigenvalue weighted by Gasteiger charge is 2.25. The number of hydrogen-bond acceptors (Lipinski definition) is 4. The highest BCUT2D eigenvalue weighted by Crippen LogP contribution is 2.32. The van der Waals surface area contributed by atoms with Gasteiger partial charge in [-0.15, -0.1) is 0 Å². The molecule has 5 nitrogen and oxygen atoms in total. The fourth-order valence-electron chi connectivity index (χ4n) is 4.70. The molecular formula is C25H26FN3O2. The minimum atomic E-state index is -0.296. The summed E-state index contributed by atoms with van der Waals surface area (Å²) in [4.78, 5) is 17.4. The van der Waals surface area contributed by atoms with Gasteiger partial charge in [-0.1, -0.05) is 11.2 Å². The van der Waals surface area contributed by atoms with Crippen molar-refractivity contribution in [3.63, 3.8) is 0 Å². The van der Waals surface area contributed by atoms with Gasteiger partial charge in [0.1, 0.15) is 5.82 Å². The molecule has 1 N–H and O–H groups in total. The highest BCUT2D eigenvalue weighted by molar-refractivity contribution is 5.83. The van der Waals surface area contributed by atoms with Crippen LogP contribution in [-0.4, -0.2) is 34.7 Å². The van der Waals surface area contributed by atoms with Gasteiger partial charge in [0.25, 0.3) is 5.56 Å². The zero-order valence-corrected chi connectivity index (χ0v) is 17.9. The van der Waals surface area contributed by atoms with E-state index in [0.29, 0.717) is 11.5 Å². The van der Waals surface area contributed by atoms with Crippen molar-refractivity contribution in [2.45, 2.75) is 39.0 Å². The van der Waals surface area contributed by atoms with Gasteiger partial charge in [0.2, 0.25) is 0 Å². The minimum Gasteiger partial charge on any atom is -0.356 e. The van der Waals surface area contributed by atoms with Crippen molar-refractivity contribution >= 4 is 21.9 Å². The third kappa shape index (κ3) is 3.76. The summed E-state index contributed by atoms with van der Waals surface area (Å²) in [7, 11) is 0. The molecule has 1 saturated heterocycles. The number of aromatic amines is 1. The summed E-state index contributed by atoms with van der Waals surface area (Å²) in [5, 5.41) is 6.30. The van der Waals surface area contributed by atoms with Gasteiger partial charge in [-0.25, -0.2) is 4.39 Å². The SMILES string of the molecule is Cc1c(C)c2cc(CCN3CCC(c4noc5cc(F)ccc45)CC3)ccc2[nH]c1=O. The number of fused-ring (bicyclic) bond motifs is 2. The van der Waals surface area contributed by atoms with Crippen LogP contribution in [0.3, 0.4) is 0 Å². The number of halogens is 1. The Hall–Kier alpha value is -2.99. The zero-order chi connectivity index (χ0) is 21.5. The number of nitrogens with one attached hydrogen (secondary N) is 1. The second-order valence-electron chi connectivity index (χ2n) is 8.66. The van der Waals surface area contributed by atoms with Gasteiger partial charge < -0.3 is 14.4 Å².